The van der Waals surface area contributed by atoms with Crippen molar-refractivity contribution >= 4 is 6.03 Å². The zero-order valence-corrected chi connectivity index (χ0v) is 13.3. The SMILES string of the molecule is C[C@H](N1CCN(C(=O)NCc2cccc(C#N)c2)CC1)C(F)(F)F. The number of nitrogens with zero attached hydrogens (tertiary/aromatic N) is 3. The van der Waals surface area contributed by atoms with Crippen molar-refractivity contribution in [2.24, 2.45) is 0 Å². The molecule has 1 aromatic carbocycles. The smallest absolute Gasteiger partial charge is 0.334 e. The molecule has 0 spiro atoms. The van der Waals surface area contributed by atoms with Gasteiger partial charge in [-0.2, -0.15) is 18.4 Å². The van der Waals surface area contributed by atoms with Crippen LogP contribution in [0, 0.1) is 11.3 Å². The number of carbonyl (C=O) groups is 1. The fraction of sp³-hybridized carbons (Fsp3) is 0.500. The van der Waals surface area contributed by atoms with Gasteiger partial charge in [0.15, 0.2) is 0 Å². The third kappa shape index (κ3) is 4.61. The van der Waals surface area contributed by atoms with E-state index in [2.05, 4.69) is 5.32 Å². The maximum atomic E-state index is 12.7. The number of benzene rings is 1. The Morgan fingerprint density at radius 2 is 2.00 bits per heavy atom. The molecule has 1 aliphatic heterocycles. The van der Waals surface area contributed by atoms with Gasteiger partial charge in [0.05, 0.1) is 11.6 Å². The highest BCUT2D eigenvalue weighted by atomic mass is 19.4. The number of piperazine rings is 1. The van der Waals surface area contributed by atoms with Gasteiger partial charge in [0.25, 0.3) is 0 Å². The Kier molecular flexibility index (Phi) is 5.67. The van der Waals surface area contributed by atoms with E-state index in [0.717, 1.165) is 12.5 Å². The minimum atomic E-state index is -4.25. The van der Waals surface area contributed by atoms with Crippen LogP contribution in [-0.4, -0.2) is 54.2 Å². The van der Waals surface area contributed by atoms with Crippen molar-refractivity contribution in [3.8, 4) is 6.07 Å². The molecule has 8 heteroatoms. The number of rotatable bonds is 3. The zero-order valence-electron chi connectivity index (χ0n) is 13.3. The van der Waals surface area contributed by atoms with Gasteiger partial charge >= 0.3 is 12.2 Å². The molecule has 0 aromatic heterocycles. The lowest BCUT2D eigenvalue weighted by molar-refractivity contribution is -0.181. The molecule has 0 bridgehead atoms. The van der Waals surface area contributed by atoms with Crippen molar-refractivity contribution < 1.29 is 18.0 Å². The van der Waals surface area contributed by atoms with Crippen molar-refractivity contribution in [3.05, 3.63) is 35.4 Å². The average molecular weight is 340 g/mol. The second-order valence-electron chi connectivity index (χ2n) is 5.71. The van der Waals surface area contributed by atoms with Crippen LogP contribution in [0.4, 0.5) is 18.0 Å². The van der Waals surface area contributed by atoms with E-state index in [1.807, 2.05) is 6.07 Å². The van der Waals surface area contributed by atoms with E-state index in [9.17, 15) is 18.0 Å². The molecular weight excluding hydrogens is 321 g/mol. The number of hydrogen-bond donors (Lipinski definition) is 1. The highest BCUT2D eigenvalue weighted by Gasteiger charge is 2.41. The fourth-order valence-corrected chi connectivity index (χ4v) is 2.56. The summed E-state index contributed by atoms with van der Waals surface area (Å²) in [6.45, 7) is 2.30. The minimum Gasteiger partial charge on any atom is -0.334 e. The third-order valence-corrected chi connectivity index (χ3v) is 4.12. The predicted octanol–water partition coefficient (Wildman–Crippen LogP) is 2.34. The van der Waals surface area contributed by atoms with Gasteiger partial charge < -0.3 is 10.2 Å². The monoisotopic (exact) mass is 340 g/mol. The van der Waals surface area contributed by atoms with Crippen LogP contribution in [0.2, 0.25) is 0 Å². The van der Waals surface area contributed by atoms with Crippen molar-refractivity contribution in [1.29, 1.82) is 5.26 Å². The highest BCUT2D eigenvalue weighted by Crippen LogP contribution is 2.25. The van der Waals surface area contributed by atoms with E-state index < -0.39 is 12.2 Å². The molecule has 1 fully saturated rings. The van der Waals surface area contributed by atoms with Crippen molar-refractivity contribution in [3.63, 3.8) is 0 Å². The lowest BCUT2D eigenvalue weighted by atomic mass is 10.1. The van der Waals surface area contributed by atoms with Crippen LogP contribution in [-0.2, 0) is 6.54 Å². The van der Waals surface area contributed by atoms with Gasteiger partial charge in [-0.05, 0) is 24.6 Å². The number of hydrogen-bond acceptors (Lipinski definition) is 3. The summed E-state index contributed by atoms with van der Waals surface area (Å²) in [4.78, 5) is 14.9. The van der Waals surface area contributed by atoms with Crippen LogP contribution >= 0.6 is 0 Å². The molecule has 130 valence electrons. The molecule has 1 N–H and O–H groups in total. The summed E-state index contributed by atoms with van der Waals surface area (Å²) in [6, 6.07) is 7.10. The predicted molar refractivity (Wildman–Crippen MR) is 82.1 cm³/mol. The molecule has 0 unspecified atom stereocenters. The Balaban J connectivity index is 1.82. The van der Waals surface area contributed by atoms with Crippen LogP contribution in [0.15, 0.2) is 24.3 Å². The third-order valence-electron chi connectivity index (χ3n) is 4.12. The average Bonchev–Trinajstić information content (AvgIpc) is 2.58. The Morgan fingerprint density at radius 1 is 1.33 bits per heavy atom. The first-order chi connectivity index (χ1) is 11.3. The summed E-state index contributed by atoms with van der Waals surface area (Å²) in [7, 11) is 0. The Hall–Kier alpha value is -2.27. The van der Waals surface area contributed by atoms with Gasteiger partial charge in [-0.3, -0.25) is 4.90 Å². The quantitative estimate of drug-likeness (QED) is 0.919. The molecule has 2 amide bonds. The van der Waals surface area contributed by atoms with E-state index in [4.69, 9.17) is 5.26 Å². The number of carbonyl (C=O) groups excluding carboxylic acids is 1. The van der Waals surface area contributed by atoms with Gasteiger partial charge in [-0.1, -0.05) is 12.1 Å². The van der Waals surface area contributed by atoms with Crippen molar-refractivity contribution in [1.82, 2.24) is 15.1 Å². The summed E-state index contributed by atoms with van der Waals surface area (Å²) in [5.74, 6) is 0. The minimum absolute atomic E-state index is 0.192. The van der Waals surface area contributed by atoms with Gasteiger partial charge in [0.2, 0.25) is 0 Å². The molecular formula is C16H19F3N4O. The number of urea groups is 1. The Bertz CT molecular complexity index is 618. The molecule has 0 radical (unpaired) electrons. The van der Waals surface area contributed by atoms with Crippen LogP contribution in [0.1, 0.15) is 18.1 Å². The molecule has 1 atom stereocenters. The van der Waals surface area contributed by atoms with Crippen molar-refractivity contribution in [2.45, 2.75) is 25.7 Å². The van der Waals surface area contributed by atoms with Crippen LogP contribution in [0.5, 0.6) is 0 Å². The summed E-state index contributed by atoms with van der Waals surface area (Å²) in [6.07, 6.45) is -4.25. The Labute approximate surface area is 138 Å². The molecule has 2 rings (SSSR count). The number of halogens is 3. The molecule has 24 heavy (non-hydrogen) atoms. The summed E-state index contributed by atoms with van der Waals surface area (Å²) >= 11 is 0. The zero-order chi connectivity index (χ0) is 17.7. The normalized spacial score (nSPS) is 17.2. The second-order valence-corrected chi connectivity index (χ2v) is 5.71. The summed E-state index contributed by atoms with van der Waals surface area (Å²) < 4.78 is 38.1. The van der Waals surface area contributed by atoms with Gasteiger partial charge in [0.1, 0.15) is 6.04 Å². The molecule has 1 heterocycles. The number of alkyl halides is 3. The topological polar surface area (TPSA) is 59.4 Å². The summed E-state index contributed by atoms with van der Waals surface area (Å²) in [5, 5.41) is 11.6. The van der Waals surface area contributed by atoms with Crippen LogP contribution in [0.3, 0.4) is 0 Å². The van der Waals surface area contributed by atoms with Gasteiger partial charge in [0, 0.05) is 32.7 Å². The molecule has 0 aliphatic carbocycles. The first-order valence-corrected chi connectivity index (χ1v) is 7.64. The fourth-order valence-electron chi connectivity index (χ4n) is 2.56. The van der Waals surface area contributed by atoms with E-state index in [1.165, 1.54) is 9.80 Å². The first-order valence-electron chi connectivity index (χ1n) is 7.64. The van der Waals surface area contributed by atoms with Gasteiger partial charge in [-0.15, -0.1) is 0 Å². The number of nitriles is 1. The van der Waals surface area contributed by atoms with E-state index in [0.29, 0.717) is 5.56 Å². The largest absolute Gasteiger partial charge is 0.403 e. The standard InChI is InChI=1S/C16H19F3N4O/c1-12(16(17,18)19)22-5-7-23(8-6-22)15(24)21-11-14-4-2-3-13(9-14)10-20/h2-4,9,12H,5-8,11H2,1H3,(H,21,24)/t12-/m0/s1. The Morgan fingerprint density at radius 3 is 2.58 bits per heavy atom. The van der Waals surface area contributed by atoms with Crippen LogP contribution in [0.25, 0.3) is 0 Å². The molecule has 1 aliphatic rings. The van der Waals surface area contributed by atoms with Gasteiger partial charge in [-0.25, -0.2) is 4.79 Å². The highest BCUT2D eigenvalue weighted by molar-refractivity contribution is 5.74. The second kappa shape index (κ2) is 7.53. The summed E-state index contributed by atoms with van der Waals surface area (Å²) in [5.41, 5.74) is 1.31. The van der Waals surface area contributed by atoms with E-state index >= 15 is 0 Å². The van der Waals surface area contributed by atoms with Crippen LogP contribution < -0.4 is 5.32 Å². The maximum absolute atomic E-state index is 12.7. The lowest BCUT2D eigenvalue weighted by Crippen LogP contribution is -2.56. The number of nitrogens with one attached hydrogen (secondary N) is 1. The molecule has 1 saturated heterocycles. The molecule has 5 nitrogen and oxygen atoms in total. The van der Waals surface area contributed by atoms with E-state index in [-0.39, 0.29) is 38.8 Å². The lowest BCUT2D eigenvalue weighted by Gasteiger charge is -2.38. The molecule has 1 aromatic rings. The maximum Gasteiger partial charge on any atom is 0.403 e. The van der Waals surface area contributed by atoms with Crippen molar-refractivity contribution in [2.75, 3.05) is 26.2 Å². The molecule has 0 saturated carbocycles. The number of amides is 2. The first kappa shape index (κ1) is 18.1. The van der Waals surface area contributed by atoms with E-state index in [1.54, 1.807) is 24.3 Å².